The van der Waals surface area contributed by atoms with Gasteiger partial charge < -0.3 is 24.3 Å². The van der Waals surface area contributed by atoms with E-state index in [0.717, 1.165) is 30.2 Å². The fourth-order valence-corrected chi connectivity index (χ4v) is 1.97. The lowest BCUT2D eigenvalue weighted by Gasteiger charge is -2.16. The Morgan fingerprint density at radius 3 is 2.63 bits per heavy atom. The fraction of sp³-hybridized carbons (Fsp3) is 0.500. The summed E-state index contributed by atoms with van der Waals surface area (Å²) in [6.07, 6.45) is 0.715. The molecule has 19 heavy (non-hydrogen) atoms. The first-order valence-corrected chi connectivity index (χ1v) is 6.29. The van der Waals surface area contributed by atoms with Crippen molar-refractivity contribution in [3.05, 3.63) is 23.8 Å². The maximum atomic E-state index is 10.4. The van der Waals surface area contributed by atoms with Gasteiger partial charge in [-0.25, -0.2) is 0 Å². The predicted octanol–water partition coefficient (Wildman–Crippen LogP) is -0.751. The third-order valence-corrected chi connectivity index (χ3v) is 2.96. The van der Waals surface area contributed by atoms with Gasteiger partial charge in [0.05, 0.1) is 33.4 Å². The van der Waals surface area contributed by atoms with Gasteiger partial charge in [0.1, 0.15) is 18.0 Å². The Balaban J connectivity index is 2.61. The van der Waals surface area contributed by atoms with Crippen LogP contribution in [0.2, 0.25) is 0 Å². The number of carboxylic acids is 1. The minimum Gasteiger partial charge on any atom is -0.550 e. The maximum Gasteiger partial charge on any atom is 0.127 e. The molecule has 0 heterocycles. The molecule has 0 saturated carbocycles. The molecule has 0 saturated heterocycles. The van der Waals surface area contributed by atoms with E-state index in [1.165, 1.54) is 4.90 Å². The van der Waals surface area contributed by atoms with E-state index < -0.39 is 5.97 Å². The van der Waals surface area contributed by atoms with Crippen LogP contribution in [0.1, 0.15) is 18.4 Å². The van der Waals surface area contributed by atoms with Crippen molar-refractivity contribution in [2.24, 2.45) is 0 Å². The van der Waals surface area contributed by atoms with Crippen molar-refractivity contribution in [3.63, 3.8) is 0 Å². The van der Waals surface area contributed by atoms with Gasteiger partial charge in [0.2, 0.25) is 0 Å². The Bertz CT molecular complexity index is 420. The van der Waals surface area contributed by atoms with Crippen molar-refractivity contribution in [1.29, 1.82) is 0 Å². The number of quaternary nitrogens is 1. The first-order valence-electron chi connectivity index (χ1n) is 6.29. The molecule has 0 aliphatic rings. The zero-order chi connectivity index (χ0) is 14.3. The highest BCUT2D eigenvalue weighted by Crippen LogP contribution is 2.23. The van der Waals surface area contributed by atoms with Crippen LogP contribution < -0.4 is 19.5 Å². The van der Waals surface area contributed by atoms with Gasteiger partial charge in [-0.2, -0.15) is 0 Å². The van der Waals surface area contributed by atoms with Crippen molar-refractivity contribution in [2.75, 3.05) is 27.8 Å². The second-order valence-electron chi connectivity index (χ2n) is 4.54. The van der Waals surface area contributed by atoms with Crippen molar-refractivity contribution in [2.45, 2.75) is 19.4 Å². The van der Waals surface area contributed by atoms with Crippen LogP contribution in [0.4, 0.5) is 0 Å². The minimum absolute atomic E-state index is 0.104. The molecule has 0 radical (unpaired) electrons. The molecule has 5 heteroatoms. The van der Waals surface area contributed by atoms with Gasteiger partial charge in [-0.1, -0.05) is 0 Å². The van der Waals surface area contributed by atoms with Crippen molar-refractivity contribution < 1.29 is 24.3 Å². The second kappa shape index (κ2) is 7.63. The molecule has 1 aromatic rings. The van der Waals surface area contributed by atoms with E-state index in [4.69, 9.17) is 9.47 Å². The molecule has 106 valence electrons. The van der Waals surface area contributed by atoms with Crippen LogP contribution in [-0.2, 0) is 11.3 Å². The normalized spacial score (nSPS) is 11.9. The second-order valence-corrected chi connectivity index (χ2v) is 4.54. The maximum absolute atomic E-state index is 10.4. The van der Waals surface area contributed by atoms with Crippen LogP contribution in [-0.4, -0.2) is 33.8 Å². The number of carboxylic acid groups (broad SMARTS) is 1. The molecule has 1 N–H and O–H groups in total. The smallest absolute Gasteiger partial charge is 0.127 e. The molecule has 0 aliphatic carbocycles. The minimum atomic E-state index is -0.994. The van der Waals surface area contributed by atoms with E-state index in [1.54, 1.807) is 14.2 Å². The topological polar surface area (TPSA) is 63.0 Å². The Kier molecular flexibility index (Phi) is 6.15. The first kappa shape index (κ1) is 15.3. The molecule has 1 rings (SSSR count). The van der Waals surface area contributed by atoms with Gasteiger partial charge in [0.25, 0.3) is 0 Å². The molecular weight excluding hydrogens is 246 g/mol. The summed E-state index contributed by atoms with van der Waals surface area (Å²) in [5.41, 5.74) is 1.05. The van der Waals surface area contributed by atoms with E-state index >= 15 is 0 Å². The highest BCUT2D eigenvalue weighted by Gasteiger charge is 2.10. The number of methoxy groups -OCH3 is 2. The van der Waals surface area contributed by atoms with Crippen LogP contribution in [0.5, 0.6) is 11.5 Å². The lowest BCUT2D eigenvalue weighted by Crippen LogP contribution is -3.07. The standard InChI is InChI=1S/C14H21NO4/c1-15(8-4-5-14(16)17)10-11-9-12(18-2)6-7-13(11)19-3/h6-7,9H,4-5,8,10H2,1-3H3,(H,16,17). The van der Waals surface area contributed by atoms with Gasteiger partial charge in [0, 0.05) is 12.4 Å². The number of hydrogen-bond donors (Lipinski definition) is 1. The van der Waals surface area contributed by atoms with Crippen LogP contribution in [0.3, 0.4) is 0 Å². The molecule has 1 aromatic carbocycles. The molecule has 1 atom stereocenters. The van der Waals surface area contributed by atoms with Gasteiger partial charge in [0.15, 0.2) is 0 Å². The summed E-state index contributed by atoms with van der Waals surface area (Å²) in [6.45, 7) is 1.53. The number of aliphatic carboxylic acids is 1. The zero-order valence-electron chi connectivity index (χ0n) is 11.7. The Labute approximate surface area is 113 Å². The molecule has 1 unspecified atom stereocenters. The monoisotopic (exact) mass is 267 g/mol. The molecule has 5 nitrogen and oxygen atoms in total. The SMILES string of the molecule is COc1ccc(OC)c(C[NH+](C)CCCC(=O)[O-])c1. The molecule has 0 fully saturated rings. The number of benzene rings is 1. The van der Waals surface area contributed by atoms with Crippen molar-refractivity contribution in [3.8, 4) is 11.5 Å². The summed E-state index contributed by atoms with van der Waals surface area (Å²) in [4.78, 5) is 11.6. The van der Waals surface area contributed by atoms with Crippen molar-refractivity contribution in [1.82, 2.24) is 0 Å². The first-order chi connectivity index (χ1) is 9.06. The summed E-state index contributed by atoms with van der Waals surface area (Å²) in [6, 6.07) is 5.68. The summed E-state index contributed by atoms with van der Waals surface area (Å²) in [5, 5.41) is 10.4. The molecule has 0 aliphatic heterocycles. The number of carbonyl (C=O) groups is 1. The summed E-state index contributed by atoms with van der Waals surface area (Å²) >= 11 is 0. The van der Waals surface area contributed by atoms with E-state index in [1.807, 2.05) is 25.2 Å². The predicted molar refractivity (Wildman–Crippen MR) is 69.2 cm³/mol. The van der Waals surface area contributed by atoms with Gasteiger partial charge in [-0.3, -0.25) is 0 Å². The molecular formula is C14H21NO4. The number of nitrogens with one attached hydrogen (secondary N) is 1. The number of ether oxygens (including phenoxy) is 2. The lowest BCUT2D eigenvalue weighted by molar-refractivity contribution is -0.893. The van der Waals surface area contributed by atoms with Gasteiger partial charge in [-0.05, 0) is 24.6 Å². The molecule has 0 aromatic heterocycles. The van der Waals surface area contributed by atoms with E-state index in [2.05, 4.69) is 0 Å². The quantitative estimate of drug-likeness (QED) is 0.673. The third-order valence-electron chi connectivity index (χ3n) is 2.96. The highest BCUT2D eigenvalue weighted by molar-refractivity contribution is 5.64. The highest BCUT2D eigenvalue weighted by atomic mass is 16.5. The number of rotatable bonds is 8. The van der Waals surface area contributed by atoms with Crippen LogP contribution in [0.15, 0.2) is 18.2 Å². The van der Waals surface area contributed by atoms with Gasteiger partial charge >= 0.3 is 0 Å². The summed E-state index contributed by atoms with van der Waals surface area (Å²) in [7, 11) is 5.28. The summed E-state index contributed by atoms with van der Waals surface area (Å²) in [5.74, 6) is 0.616. The van der Waals surface area contributed by atoms with Gasteiger partial charge in [-0.15, -0.1) is 0 Å². The average Bonchev–Trinajstić information content (AvgIpc) is 2.38. The van der Waals surface area contributed by atoms with Crippen LogP contribution >= 0.6 is 0 Å². The Morgan fingerprint density at radius 2 is 2.05 bits per heavy atom. The number of hydrogen-bond acceptors (Lipinski definition) is 4. The summed E-state index contributed by atoms with van der Waals surface area (Å²) < 4.78 is 10.5. The van der Waals surface area contributed by atoms with Crippen LogP contribution in [0.25, 0.3) is 0 Å². The van der Waals surface area contributed by atoms with E-state index in [0.29, 0.717) is 6.42 Å². The largest absolute Gasteiger partial charge is 0.550 e. The Morgan fingerprint density at radius 1 is 1.32 bits per heavy atom. The van der Waals surface area contributed by atoms with Crippen molar-refractivity contribution >= 4 is 5.97 Å². The molecule has 0 amide bonds. The lowest BCUT2D eigenvalue weighted by atomic mass is 10.1. The van der Waals surface area contributed by atoms with E-state index in [9.17, 15) is 9.90 Å². The molecule has 0 bridgehead atoms. The van der Waals surface area contributed by atoms with Crippen LogP contribution in [0, 0.1) is 0 Å². The third kappa shape index (κ3) is 5.18. The zero-order valence-corrected chi connectivity index (χ0v) is 11.7. The van der Waals surface area contributed by atoms with E-state index in [-0.39, 0.29) is 6.42 Å². The number of carbonyl (C=O) groups excluding carboxylic acids is 1. The molecule has 0 spiro atoms. The Hall–Kier alpha value is -1.75. The fourth-order valence-electron chi connectivity index (χ4n) is 1.97. The average molecular weight is 267 g/mol.